The molecule has 0 bridgehead atoms. The Labute approximate surface area is 113 Å². The minimum Gasteiger partial charge on any atom is -0.310 e. The molecular formula is C17H29N. The lowest BCUT2D eigenvalue weighted by molar-refractivity contribution is 0.312. The van der Waals surface area contributed by atoms with E-state index in [4.69, 9.17) is 0 Å². The first-order valence-corrected chi connectivity index (χ1v) is 7.47. The molecule has 1 nitrogen and oxygen atoms in total. The molecule has 1 aromatic carbocycles. The molecule has 0 aliphatic carbocycles. The minimum atomic E-state index is 0.496. The molecule has 1 aromatic rings. The first-order valence-electron chi connectivity index (χ1n) is 7.47. The van der Waals surface area contributed by atoms with E-state index < -0.39 is 0 Å². The van der Waals surface area contributed by atoms with Crippen LogP contribution in [0.1, 0.15) is 58.6 Å². The molecule has 0 aromatic heterocycles. The van der Waals surface area contributed by atoms with Crippen molar-refractivity contribution in [1.82, 2.24) is 5.32 Å². The monoisotopic (exact) mass is 247 g/mol. The van der Waals surface area contributed by atoms with Crippen molar-refractivity contribution < 1.29 is 0 Å². The molecule has 3 atom stereocenters. The van der Waals surface area contributed by atoms with Crippen molar-refractivity contribution in [3.05, 3.63) is 35.9 Å². The van der Waals surface area contributed by atoms with Gasteiger partial charge in [0.25, 0.3) is 0 Å². The van der Waals surface area contributed by atoms with E-state index in [1.165, 1.54) is 24.8 Å². The third kappa shape index (κ3) is 4.81. The van der Waals surface area contributed by atoms with Crippen molar-refractivity contribution in [3.63, 3.8) is 0 Å². The maximum absolute atomic E-state index is 3.65. The van der Waals surface area contributed by atoms with Crippen LogP contribution in [-0.2, 0) is 0 Å². The van der Waals surface area contributed by atoms with Gasteiger partial charge in [-0.2, -0.15) is 0 Å². The lowest BCUT2D eigenvalue weighted by Gasteiger charge is -2.27. The predicted octanol–water partition coefficient (Wildman–Crippen LogP) is 4.80. The van der Waals surface area contributed by atoms with Gasteiger partial charge in [0.15, 0.2) is 0 Å². The number of hydrogen-bond acceptors (Lipinski definition) is 1. The Morgan fingerprint density at radius 3 is 2.28 bits per heavy atom. The van der Waals surface area contributed by atoms with E-state index in [0.29, 0.717) is 12.0 Å². The van der Waals surface area contributed by atoms with Crippen molar-refractivity contribution in [2.45, 2.75) is 53.0 Å². The van der Waals surface area contributed by atoms with Gasteiger partial charge in [-0.25, -0.2) is 0 Å². The average molecular weight is 247 g/mol. The van der Waals surface area contributed by atoms with E-state index in [9.17, 15) is 0 Å². The summed E-state index contributed by atoms with van der Waals surface area (Å²) in [5, 5.41) is 3.65. The smallest absolute Gasteiger partial charge is 0.0346 e. The number of rotatable bonds is 8. The maximum atomic E-state index is 3.65. The highest BCUT2D eigenvalue weighted by Gasteiger charge is 2.19. The third-order valence-corrected chi connectivity index (χ3v) is 3.71. The zero-order valence-electron chi connectivity index (χ0n) is 12.4. The summed E-state index contributed by atoms with van der Waals surface area (Å²) >= 11 is 0. The largest absolute Gasteiger partial charge is 0.310 e. The molecule has 0 amide bonds. The van der Waals surface area contributed by atoms with Gasteiger partial charge in [-0.05, 0) is 30.4 Å². The van der Waals surface area contributed by atoms with E-state index in [1.807, 2.05) is 0 Å². The molecular weight excluding hydrogens is 218 g/mol. The Balaban J connectivity index is 2.66. The van der Waals surface area contributed by atoms with Crippen molar-refractivity contribution >= 4 is 0 Å². The Bertz CT molecular complexity index is 307. The van der Waals surface area contributed by atoms with Crippen LogP contribution in [0.4, 0.5) is 0 Å². The SMILES string of the molecule is CCCC(C)CC(C)C(NCC)c1ccccc1. The minimum absolute atomic E-state index is 0.496. The normalized spacial score (nSPS) is 16.2. The molecule has 0 saturated heterocycles. The quantitative estimate of drug-likeness (QED) is 0.696. The van der Waals surface area contributed by atoms with E-state index in [0.717, 1.165) is 12.5 Å². The third-order valence-electron chi connectivity index (χ3n) is 3.71. The molecule has 0 saturated carbocycles. The van der Waals surface area contributed by atoms with Crippen molar-refractivity contribution in [1.29, 1.82) is 0 Å². The molecule has 0 fully saturated rings. The summed E-state index contributed by atoms with van der Waals surface area (Å²) in [6.45, 7) is 10.3. The molecule has 1 N–H and O–H groups in total. The molecule has 0 aliphatic heterocycles. The number of hydrogen-bond donors (Lipinski definition) is 1. The van der Waals surface area contributed by atoms with Crippen LogP contribution in [0, 0.1) is 11.8 Å². The van der Waals surface area contributed by atoms with Crippen LogP contribution in [0.25, 0.3) is 0 Å². The van der Waals surface area contributed by atoms with Crippen molar-refractivity contribution in [2.75, 3.05) is 6.54 Å². The van der Waals surface area contributed by atoms with Crippen LogP contribution in [0.5, 0.6) is 0 Å². The summed E-state index contributed by atoms with van der Waals surface area (Å²) in [7, 11) is 0. The van der Waals surface area contributed by atoms with Crippen LogP contribution in [0.2, 0.25) is 0 Å². The van der Waals surface area contributed by atoms with E-state index in [1.54, 1.807) is 0 Å². The molecule has 18 heavy (non-hydrogen) atoms. The lowest BCUT2D eigenvalue weighted by atomic mass is 9.86. The fourth-order valence-electron chi connectivity index (χ4n) is 2.91. The second-order valence-corrected chi connectivity index (χ2v) is 5.55. The Hall–Kier alpha value is -0.820. The molecule has 0 aliphatic rings. The average Bonchev–Trinajstić information content (AvgIpc) is 2.37. The first kappa shape index (κ1) is 15.2. The highest BCUT2D eigenvalue weighted by atomic mass is 14.9. The summed E-state index contributed by atoms with van der Waals surface area (Å²) < 4.78 is 0. The number of nitrogens with one attached hydrogen (secondary N) is 1. The maximum Gasteiger partial charge on any atom is 0.0346 e. The first-order chi connectivity index (χ1) is 8.69. The molecule has 0 radical (unpaired) electrons. The zero-order chi connectivity index (χ0) is 13.4. The van der Waals surface area contributed by atoms with Crippen molar-refractivity contribution in [2.24, 2.45) is 11.8 Å². The molecule has 0 heterocycles. The Morgan fingerprint density at radius 1 is 1.06 bits per heavy atom. The second-order valence-electron chi connectivity index (χ2n) is 5.55. The summed E-state index contributed by atoms with van der Waals surface area (Å²) in [5.41, 5.74) is 1.43. The van der Waals surface area contributed by atoms with Gasteiger partial charge in [-0.15, -0.1) is 0 Å². The van der Waals surface area contributed by atoms with Gasteiger partial charge in [0.1, 0.15) is 0 Å². The standard InChI is InChI=1S/C17H29N/c1-5-10-14(3)13-15(4)17(18-6-2)16-11-8-7-9-12-16/h7-9,11-12,14-15,17-18H,5-6,10,13H2,1-4H3. The van der Waals surface area contributed by atoms with E-state index in [2.05, 4.69) is 63.3 Å². The summed E-state index contributed by atoms with van der Waals surface area (Å²) in [4.78, 5) is 0. The van der Waals surface area contributed by atoms with E-state index in [-0.39, 0.29) is 0 Å². The zero-order valence-corrected chi connectivity index (χ0v) is 12.4. The van der Waals surface area contributed by atoms with Gasteiger partial charge in [-0.3, -0.25) is 0 Å². The second kappa shape index (κ2) is 8.31. The van der Waals surface area contributed by atoms with Crippen LogP contribution >= 0.6 is 0 Å². The fraction of sp³-hybridized carbons (Fsp3) is 0.647. The highest BCUT2D eigenvalue weighted by molar-refractivity contribution is 5.19. The summed E-state index contributed by atoms with van der Waals surface area (Å²) in [6.07, 6.45) is 3.95. The number of benzene rings is 1. The van der Waals surface area contributed by atoms with Gasteiger partial charge >= 0.3 is 0 Å². The van der Waals surface area contributed by atoms with Crippen LogP contribution in [-0.4, -0.2) is 6.54 Å². The molecule has 3 unspecified atom stereocenters. The summed E-state index contributed by atoms with van der Waals surface area (Å²) in [6, 6.07) is 11.4. The predicted molar refractivity (Wildman–Crippen MR) is 80.7 cm³/mol. The Kier molecular flexibility index (Phi) is 7.04. The lowest BCUT2D eigenvalue weighted by Crippen LogP contribution is -2.27. The van der Waals surface area contributed by atoms with Crippen molar-refractivity contribution in [3.8, 4) is 0 Å². The van der Waals surface area contributed by atoms with Crippen LogP contribution in [0.3, 0.4) is 0 Å². The fourth-order valence-corrected chi connectivity index (χ4v) is 2.91. The molecule has 0 spiro atoms. The molecule has 102 valence electrons. The Morgan fingerprint density at radius 2 is 1.72 bits per heavy atom. The van der Waals surface area contributed by atoms with Gasteiger partial charge in [0, 0.05) is 6.04 Å². The molecule has 1 heteroatoms. The van der Waals surface area contributed by atoms with Crippen LogP contribution in [0.15, 0.2) is 30.3 Å². The van der Waals surface area contributed by atoms with Gasteiger partial charge < -0.3 is 5.32 Å². The van der Waals surface area contributed by atoms with E-state index >= 15 is 0 Å². The summed E-state index contributed by atoms with van der Waals surface area (Å²) in [5.74, 6) is 1.52. The van der Waals surface area contributed by atoms with Gasteiger partial charge in [0.05, 0.1) is 0 Å². The highest BCUT2D eigenvalue weighted by Crippen LogP contribution is 2.28. The van der Waals surface area contributed by atoms with Gasteiger partial charge in [0.2, 0.25) is 0 Å². The van der Waals surface area contributed by atoms with Gasteiger partial charge in [-0.1, -0.05) is 70.9 Å². The van der Waals surface area contributed by atoms with Crippen LogP contribution < -0.4 is 5.32 Å². The molecule has 1 rings (SSSR count). The topological polar surface area (TPSA) is 12.0 Å².